The van der Waals surface area contributed by atoms with E-state index in [2.05, 4.69) is 17.4 Å². The van der Waals surface area contributed by atoms with Crippen molar-refractivity contribution in [1.82, 2.24) is 5.16 Å². The molecule has 1 heterocycles. The van der Waals surface area contributed by atoms with Crippen LogP contribution in [-0.4, -0.2) is 11.7 Å². The lowest BCUT2D eigenvalue weighted by atomic mass is 10.3. The monoisotopic (exact) mass is 154 g/mol. The molecule has 1 rings (SSSR count). The molecule has 0 amide bonds. The summed E-state index contributed by atoms with van der Waals surface area (Å²) in [5.41, 5.74) is 0. The van der Waals surface area contributed by atoms with E-state index in [1.807, 2.05) is 13.0 Å². The summed E-state index contributed by atoms with van der Waals surface area (Å²) < 4.78 is 5.05. The minimum absolute atomic E-state index is 0.843. The Labute approximate surface area is 66.8 Å². The van der Waals surface area contributed by atoms with Gasteiger partial charge in [0.1, 0.15) is 5.76 Å². The molecule has 1 aromatic rings. The maximum atomic E-state index is 5.05. The summed E-state index contributed by atoms with van der Waals surface area (Å²) in [5.74, 6) is 1.81. The molecule has 0 aliphatic carbocycles. The van der Waals surface area contributed by atoms with E-state index in [0.717, 1.165) is 31.0 Å². The van der Waals surface area contributed by atoms with Gasteiger partial charge in [-0.25, -0.2) is 0 Å². The van der Waals surface area contributed by atoms with Crippen molar-refractivity contribution in [2.45, 2.75) is 26.7 Å². The average molecular weight is 154 g/mol. The summed E-state index contributed by atoms with van der Waals surface area (Å²) >= 11 is 0. The second kappa shape index (κ2) is 4.01. The molecule has 0 atom stereocenters. The molecule has 1 N–H and O–H groups in total. The van der Waals surface area contributed by atoms with Gasteiger partial charge in [0.2, 0.25) is 0 Å². The number of rotatable bonds is 4. The number of anilines is 1. The van der Waals surface area contributed by atoms with Gasteiger partial charge < -0.3 is 9.84 Å². The van der Waals surface area contributed by atoms with Gasteiger partial charge in [0.15, 0.2) is 5.82 Å². The van der Waals surface area contributed by atoms with Gasteiger partial charge in [0.05, 0.1) is 0 Å². The van der Waals surface area contributed by atoms with Crippen LogP contribution in [0.25, 0.3) is 0 Å². The van der Waals surface area contributed by atoms with Crippen molar-refractivity contribution in [3.05, 3.63) is 11.8 Å². The minimum atomic E-state index is 0.843. The number of hydrogen-bond donors (Lipinski definition) is 1. The van der Waals surface area contributed by atoms with Crippen LogP contribution >= 0.6 is 0 Å². The van der Waals surface area contributed by atoms with Gasteiger partial charge in [-0.05, 0) is 13.3 Å². The van der Waals surface area contributed by atoms with Gasteiger partial charge in [-0.3, -0.25) is 0 Å². The smallest absolute Gasteiger partial charge is 0.169 e. The highest BCUT2D eigenvalue weighted by Gasteiger charge is 2.00. The van der Waals surface area contributed by atoms with Gasteiger partial charge in [-0.1, -0.05) is 12.1 Å². The van der Waals surface area contributed by atoms with Crippen molar-refractivity contribution >= 4 is 5.82 Å². The Morgan fingerprint density at radius 3 is 3.00 bits per heavy atom. The largest absolute Gasteiger partial charge is 0.368 e. The van der Waals surface area contributed by atoms with E-state index in [1.54, 1.807) is 0 Å². The molecule has 0 aromatic carbocycles. The van der Waals surface area contributed by atoms with Crippen molar-refractivity contribution in [3.63, 3.8) is 0 Å². The molecule has 62 valence electrons. The molecule has 11 heavy (non-hydrogen) atoms. The normalized spacial score (nSPS) is 10.0. The molecule has 3 nitrogen and oxygen atoms in total. The summed E-state index contributed by atoms with van der Waals surface area (Å²) in [4.78, 5) is 0. The fraction of sp³-hybridized carbons (Fsp3) is 0.625. The summed E-state index contributed by atoms with van der Waals surface area (Å²) in [6.45, 7) is 5.04. The SMILES string of the molecule is CCCc1cc(NCC)no1. The first-order valence-electron chi connectivity index (χ1n) is 4.06. The molecular weight excluding hydrogens is 140 g/mol. The van der Waals surface area contributed by atoms with Gasteiger partial charge in [0.25, 0.3) is 0 Å². The van der Waals surface area contributed by atoms with Crippen LogP contribution in [0.15, 0.2) is 10.6 Å². The second-order valence-corrected chi connectivity index (χ2v) is 2.46. The van der Waals surface area contributed by atoms with E-state index >= 15 is 0 Å². The molecule has 1 aromatic heterocycles. The van der Waals surface area contributed by atoms with Crippen LogP contribution in [-0.2, 0) is 6.42 Å². The van der Waals surface area contributed by atoms with Crippen molar-refractivity contribution in [2.24, 2.45) is 0 Å². The standard InChI is InChI=1S/C8H14N2O/c1-3-5-7-6-8(9-4-2)10-11-7/h6H,3-5H2,1-2H3,(H,9,10). The van der Waals surface area contributed by atoms with Gasteiger partial charge in [0, 0.05) is 19.0 Å². The third kappa shape index (κ3) is 2.26. The highest BCUT2D eigenvalue weighted by Crippen LogP contribution is 2.09. The Hall–Kier alpha value is -0.990. The Morgan fingerprint density at radius 1 is 1.55 bits per heavy atom. The van der Waals surface area contributed by atoms with Crippen LogP contribution in [0.2, 0.25) is 0 Å². The minimum Gasteiger partial charge on any atom is -0.368 e. The fourth-order valence-corrected chi connectivity index (χ4v) is 0.942. The van der Waals surface area contributed by atoms with E-state index in [0.29, 0.717) is 0 Å². The predicted octanol–water partition coefficient (Wildman–Crippen LogP) is 2.06. The molecule has 3 heteroatoms. The first-order valence-corrected chi connectivity index (χ1v) is 4.06. The number of hydrogen-bond acceptors (Lipinski definition) is 3. The highest BCUT2D eigenvalue weighted by atomic mass is 16.5. The van der Waals surface area contributed by atoms with Crippen molar-refractivity contribution in [2.75, 3.05) is 11.9 Å². The van der Waals surface area contributed by atoms with Crippen molar-refractivity contribution in [1.29, 1.82) is 0 Å². The summed E-state index contributed by atoms with van der Waals surface area (Å²) in [6.07, 6.45) is 2.07. The third-order valence-corrected chi connectivity index (χ3v) is 1.41. The average Bonchev–Trinajstić information content (AvgIpc) is 2.38. The number of aromatic nitrogens is 1. The lowest BCUT2D eigenvalue weighted by molar-refractivity contribution is 0.384. The van der Waals surface area contributed by atoms with Crippen molar-refractivity contribution in [3.8, 4) is 0 Å². The van der Waals surface area contributed by atoms with Crippen LogP contribution in [0.4, 0.5) is 5.82 Å². The Balaban J connectivity index is 2.51. The first kappa shape index (κ1) is 8.11. The maximum absolute atomic E-state index is 5.05. The number of aryl methyl sites for hydroxylation is 1. The van der Waals surface area contributed by atoms with E-state index < -0.39 is 0 Å². The fourth-order valence-electron chi connectivity index (χ4n) is 0.942. The Bertz CT molecular complexity index is 187. The number of nitrogens with one attached hydrogen (secondary N) is 1. The molecule has 0 unspecified atom stereocenters. The second-order valence-electron chi connectivity index (χ2n) is 2.46. The summed E-state index contributed by atoms with van der Waals surface area (Å²) in [6, 6.07) is 1.95. The van der Waals surface area contributed by atoms with Gasteiger partial charge in [-0.15, -0.1) is 0 Å². The molecule has 0 saturated heterocycles. The van der Waals surface area contributed by atoms with Crippen LogP contribution in [0.1, 0.15) is 26.0 Å². The Morgan fingerprint density at radius 2 is 2.36 bits per heavy atom. The molecule has 0 aliphatic heterocycles. The van der Waals surface area contributed by atoms with E-state index in [9.17, 15) is 0 Å². The molecule has 0 spiro atoms. The molecule has 0 fully saturated rings. The lowest BCUT2D eigenvalue weighted by Gasteiger charge is -1.91. The van der Waals surface area contributed by atoms with E-state index in [4.69, 9.17) is 4.52 Å². The zero-order valence-electron chi connectivity index (χ0n) is 7.05. The van der Waals surface area contributed by atoms with Crippen LogP contribution in [0.3, 0.4) is 0 Å². The predicted molar refractivity (Wildman–Crippen MR) is 44.7 cm³/mol. The molecule has 0 saturated carbocycles. The Kier molecular flexibility index (Phi) is 2.95. The van der Waals surface area contributed by atoms with Crippen LogP contribution in [0.5, 0.6) is 0 Å². The van der Waals surface area contributed by atoms with E-state index in [1.165, 1.54) is 0 Å². The summed E-state index contributed by atoms with van der Waals surface area (Å²) in [7, 11) is 0. The van der Waals surface area contributed by atoms with Crippen molar-refractivity contribution < 1.29 is 4.52 Å². The molecule has 0 radical (unpaired) electrons. The van der Waals surface area contributed by atoms with Crippen LogP contribution < -0.4 is 5.32 Å². The van der Waals surface area contributed by atoms with Gasteiger partial charge in [-0.2, -0.15) is 0 Å². The quantitative estimate of drug-likeness (QED) is 0.721. The molecular formula is C8H14N2O. The third-order valence-electron chi connectivity index (χ3n) is 1.41. The first-order chi connectivity index (χ1) is 5.36. The van der Waals surface area contributed by atoms with E-state index in [-0.39, 0.29) is 0 Å². The van der Waals surface area contributed by atoms with Crippen LogP contribution in [0, 0.1) is 0 Å². The topological polar surface area (TPSA) is 38.1 Å². The zero-order valence-corrected chi connectivity index (χ0v) is 7.05. The lowest BCUT2D eigenvalue weighted by Crippen LogP contribution is -1.95. The highest BCUT2D eigenvalue weighted by molar-refractivity contribution is 5.33. The molecule has 0 aliphatic rings. The number of nitrogens with zero attached hydrogens (tertiary/aromatic N) is 1. The summed E-state index contributed by atoms with van der Waals surface area (Å²) in [5, 5.41) is 6.92. The van der Waals surface area contributed by atoms with Gasteiger partial charge >= 0.3 is 0 Å². The zero-order chi connectivity index (χ0) is 8.10. The molecule has 0 bridgehead atoms. The maximum Gasteiger partial charge on any atom is 0.169 e.